The van der Waals surface area contributed by atoms with E-state index in [2.05, 4.69) is 24.1 Å². The van der Waals surface area contributed by atoms with Gasteiger partial charge < -0.3 is 11.1 Å². The molecule has 2 rings (SSSR count). The van der Waals surface area contributed by atoms with Crippen molar-refractivity contribution < 1.29 is 4.79 Å². The monoisotopic (exact) mass is 267 g/mol. The van der Waals surface area contributed by atoms with Crippen molar-refractivity contribution in [2.75, 3.05) is 19.6 Å². The highest BCUT2D eigenvalue weighted by atomic mass is 16.1. The fourth-order valence-electron chi connectivity index (χ4n) is 4.15. The number of likely N-dealkylation sites (tertiary alicyclic amines) is 1. The van der Waals surface area contributed by atoms with Crippen molar-refractivity contribution in [3.05, 3.63) is 0 Å². The Bertz CT molecular complexity index is 323. The number of nitrogens with zero attached hydrogens (tertiary/aromatic N) is 1. The lowest BCUT2D eigenvalue weighted by atomic mass is 9.90. The van der Waals surface area contributed by atoms with Gasteiger partial charge in [0.1, 0.15) is 0 Å². The summed E-state index contributed by atoms with van der Waals surface area (Å²) >= 11 is 0. The third-order valence-electron chi connectivity index (χ3n) is 4.89. The summed E-state index contributed by atoms with van der Waals surface area (Å²) in [7, 11) is 0. The first-order chi connectivity index (χ1) is 8.97. The van der Waals surface area contributed by atoms with Gasteiger partial charge in [0.05, 0.1) is 5.54 Å². The van der Waals surface area contributed by atoms with Gasteiger partial charge in [0, 0.05) is 19.1 Å². The number of carbonyl (C=O) groups excluding carboxylic acids is 1. The van der Waals surface area contributed by atoms with Crippen LogP contribution in [0.2, 0.25) is 0 Å². The van der Waals surface area contributed by atoms with Crippen LogP contribution in [-0.2, 0) is 4.79 Å². The molecule has 1 heterocycles. The molecule has 4 nitrogen and oxygen atoms in total. The summed E-state index contributed by atoms with van der Waals surface area (Å²) in [4.78, 5) is 14.4. The standard InChI is InChI=1S/C15H29N3O/c1-4-17-15(14(16)19)6-5-13(8-15)18-9-11(2)7-12(3)10-18/h11-13,17H,4-10H2,1-3H3,(H2,16,19). The molecular formula is C15H29N3O. The average Bonchev–Trinajstić information content (AvgIpc) is 2.74. The SMILES string of the molecule is CCNC1(C(N)=O)CCC(N2CC(C)CC(C)C2)C1. The molecule has 1 saturated heterocycles. The van der Waals surface area contributed by atoms with E-state index in [0.29, 0.717) is 6.04 Å². The van der Waals surface area contributed by atoms with Crippen LogP contribution >= 0.6 is 0 Å². The Morgan fingerprint density at radius 3 is 2.53 bits per heavy atom. The van der Waals surface area contributed by atoms with E-state index < -0.39 is 5.54 Å². The third-order valence-corrected chi connectivity index (χ3v) is 4.89. The van der Waals surface area contributed by atoms with E-state index in [0.717, 1.165) is 37.6 Å². The lowest BCUT2D eigenvalue weighted by Crippen LogP contribution is -2.55. The van der Waals surface area contributed by atoms with E-state index in [4.69, 9.17) is 5.73 Å². The quantitative estimate of drug-likeness (QED) is 0.808. The predicted octanol–water partition coefficient (Wildman–Crippen LogP) is 1.35. The zero-order valence-electron chi connectivity index (χ0n) is 12.6. The van der Waals surface area contributed by atoms with Crippen molar-refractivity contribution in [1.29, 1.82) is 0 Å². The minimum atomic E-state index is -0.455. The molecular weight excluding hydrogens is 238 g/mol. The molecule has 4 unspecified atom stereocenters. The summed E-state index contributed by atoms with van der Waals surface area (Å²) < 4.78 is 0. The van der Waals surface area contributed by atoms with Gasteiger partial charge in [-0.15, -0.1) is 0 Å². The normalized spacial score (nSPS) is 40.5. The molecule has 2 fully saturated rings. The Balaban J connectivity index is 2.02. The maximum Gasteiger partial charge on any atom is 0.237 e. The van der Waals surface area contributed by atoms with Gasteiger partial charge in [0.25, 0.3) is 0 Å². The molecule has 0 aromatic rings. The lowest BCUT2D eigenvalue weighted by Gasteiger charge is -2.39. The first-order valence-electron chi connectivity index (χ1n) is 7.76. The molecule has 110 valence electrons. The van der Waals surface area contributed by atoms with E-state index in [-0.39, 0.29) is 5.91 Å². The van der Waals surface area contributed by atoms with Gasteiger partial charge in [-0.25, -0.2) is 0 Å². The van der Waals surface area contributed by atoms with Gasteiger partial charge >= 0.3 is 0 Å². The van der Waals surface area contributed by atoms with E-state index in [1.54, 1.807) is 0 Å². The van der Waals surface area contributed by atoms with Crippen LogP contribution in [0, 0.1) is 11.8 Å². The van der Waals surface area contributed by atoms with Crippen molar-refractivity contribution in [2.24, 2.45) is 17.6 Å². The summed E-state index contributed by atoms with van der Waals surface area (Å²) in [6, 6.07) is 0.525. The number of primary amides is 1. The first-order valence-corrected chi connectivity index (χ1v) is 7.76. The summed E-state index contributed by atoms with van der Waals surface area (Å²) in [6.45, 7) is 9.88. The number of piperidine rings is 1. The smallest absolute Gasteiger partial charge is 0.237 e. The van der Waals surface area contributed by atoms with E-state index in [9.17, 15) is 4.79 Å². The number of amides is 1. The molecule has 1 saturated carbocycles. The van der Waals surface area contributed by atoms with Gasteiger partial charge in [-0.05, 0) is 44.1 Å². The van der Waals surface area contributed by atoms with Crippen molar-refractivity contribution in [3.63, 3.8) is 0 Å². The summed E-state index contributed by atoms with van der Waals surface area (Å²) in [5.74, 6) is 1.37. The maximum atomic E-state index is 11.8. The zero-order valence-corrected chi connectivity index (χ0v) is 12.6. The van der Waals surface area contributed by atoms with Crippen LogP contribution in [0.3, 0.4) is 0 Å². The highest BCUT2D eigenvalue weighted by Crippen LogP contribution is 2.35. The Morgan fingerprint density at radius 2 is 2.00 bits per heavy atom. The Hall–Kier alpha value is -0.610. The third kappa shape index (κ3) is 3.11. The number of hydrogen-bond acceptors (Lipinski definition) is 3. The van der Waals surface area contributed by atoms with Crippen LogP contribution in [0.1, 0.15) is 46.5 Å². The predicted molar refractivity (Wildman–Crippen MR) is 77.8 cm³/mol. The minimum absolute atomic E-state index is 0.171. The molecule has 0 spiro atoms. The van der Waals surface area contributed by atoms with Crippen molar-refractivity contribution in [2.45, 2.75) is 58.0 Å². The average molecular weight is 267 g/mol. The zero-order chi connectivity index (χ0) is 14.0. The molecule has 0 aromatic carbocycles. The molecule has 0 aromatic heterocycles. The van der Waals surface area contributed by atoms with Crippen molar-refractivity contribution >= 4 is 5.91 Å². The highest BCUT2D eigenvalue weighted by Gasteiger charge is 2.45. The van der Waals surface area contributed by atoms with Crippen LogP contribution in [0.4, 0.5) is 0 Å². The molecule has 4 heteroatoms. The van der Waals surface area contributed by atoms with Crippen molar-refractivity contribution in [3.8, 4) is 0 Å². The second-order valence-corrected chi connectivity index (χ2v) is 6.77. The molecule has 3 N–H and O–H groups in total. The molecule has 4 atom stereocenters. The van der Waals surface area contributed by atoms with Crippen LogP contribution in [-0.4, -0.2) is 42.0 Å². The van der Waals surface area contributed by atoms with Crippen LogP contribution in [0.15, 0.2) is 0 Å². The molecule has 0 bridgehead atoms. The molecule has 0 radical (unpaired) electrons. The summed E-state index contributed by atoms with van der Waals surface area (Å²) in [5.41, 5.74) is 5.19. The largest absolute Gasteiger partial charge is 0.368 e. The number of likely N-dealkylation sites (N-methyl/N-ethyl adjacent to an activating group) is 1. The summed E-state index contributed by atoms with van der Waals surface area (Å²) in [5, 5.41) is 3.35. The van der Waals surface area contributed by atoms with Crippen LogP contribution in [0.25, 0.3) is 0 Å². The Kier molecular flexibility index (Phi) is 4.51. The molecule has 19 heavy (non-hydrogen) atoms. The van der Waals surface area contributed by atoms with Gasteiger partial charge in [-0.2, -0.15) is 0 Å². The second kappa shape index (κ2) is 5.80. The number of nitrogens with two attached hydrogens (primary N) is 1. The molecule has 1 aliphatic heterocycles. The second-order valence-electron chi connectivity index (χ2n) is 6.77. The molecule has 2 aliphatic rings. The number of rotatable bonds is 4. The first kappa shape index (κ1) is 14.8. The van der Waals surface area contributed by atoms with Gasteiger partial charge in [-0.3, -0.25) is 9.69 Å². The fourth-order valence-corrected chi connectivity index (χ4v) is 4.15. The summed E-state index contributed by atoms with van der Waals surface area (Å²) in [6.07, 6.45) is 4.20. The van der Waals surface area contributed by atoms with Gasteiger partial charge in [-0.1, -0.05) is 20.8 Å². The minimum Gasteiger partial charge on any atom is -0.368 e. The van der Waals surface area contributed by atoms with E-state index >= 15 is 0 Å². The van der Waals surface area contributed by atoms with Gasteiger partial charge in [0.15, 0.2) is 0 Å². The Labute approximate surface area is 117 Å². The fraction of sp³-hybridized carbons (Fsp3) is 0.933. The number of nitrogens with one attached hydrogen (secondary N) is 1. The van der Waals surface area contributed by atoms with Crippen LogP contribution < -0.4 is 11.1 Å². The lowest BCUT2D eigenvalue weighted by molar-refractivity contribution is -0.124. The number of carbonyl (C=O) groups is 1. The van der Waals surface area contributed by atoms with E-state index in [1.165, 1.54) is 19.5 Å². The molecule has 1 aliphatic carbocycles. The maximum absolute atomic E-state index is 11.8. The van der Waals surface area contributed by atoms with E-state index in [1.807, 2.05) is 6.92 Å². The molecule has 1 amide bonds. The topological polar surface area (TPSA) is 58.4 Å². The highest BCUT2D eigenvalue weighted by molar-refractivity contribution is 5.85. The van der Waals surface area contributed by atoms with Crippen LogP contribution in [0.5, 0.6) is 0 Å². The number of hydrogen-bond donors (Lipinski definition) is 2. The Morgan fingerprint density at radius 1 is 1.37 bits per heavy atom. The van der Waals surface area contributed by atoms with Gasteiger partial charge in [0.2, 0.25) is 5.91 Å². The van der Waals surface area contributed by atoms with Crippen molar-refractivity contribution in [1.82, 2.24) is 10.2 Å².